The van der Waals surface area contributed by atoms with Gasteiger partial charge < -0.3 is 4.90 Å². The molecule has 0 radical (unpaired) electrons. The van der Waals surface area contributed by atoms with Gasteiger partial charge >= 0.3 is 0 Å². The first-order chi connectivity index (χ1) is 8.33. The highest BCUT2D eigenvalue weighted by Crippen LogP contribution is 2.49. The Balaban J connectivity index is 1.81. The average Bonchev–Trinajstić information content (AvgIpc) is 3.21. The number of hydrogen-bond donors (Lipinski definition) is 1. The first-order valence-corrected chi connectivity index (χ1v) is 6.72. The molecule has 1 aromatic carbocycles. The van der Waals surface area contributed by atoms with E-state index in [0.717, 1.165) is 31.8 Å². The van der Waals surface area contributed by atoms with Crippen LogP contribution in [-0.2, 0) is 5.41 Å². The van der Waals surface area contributed by atoms with Crippen LogP contribution in [0.1, 0.15) is 37.7 Å². The van der Waals surface area contributed by atoms with Gasteiger partial charge in [-0.15, -0.1) is 0 Å². The van der Waals surface area contributed by atoms with E-state index in [-0.39, 0.29) is 5.41 Å². The molecule has 90 valence electrons. The molecule has 2 aliphatic rings. The van der Waals surface area contributed by atoms with Gasteiger partial charge in [0, 0.05) is 13.1 Å². The molecule has 2 fully saturated rings. The van der Waals surface area contributed by atoms with Gasteiger partial charge in [-0.25, -0.2) is 0 Å². The summed E-state index contributed by atoms with van der Waals surface area (Å²) in [5.74, 6) is 0.878. The van der Waals surface area contributed by atoms with E-state index in [9.17, 15) is 0 Å². The fourth-order valence-electron chi connectivity index (χ4n) is 2.96. The van der Waals surface area contributed by atoms with Gasteiger partial charge in [0.15, 0.2) is 0 Å². The summed E-state index contributed by atoms with van der Waals surface area (Å²) in [6.07, 6.45) is 6.17. The van der Waals surface area contributed by atoms with E-state index < -0.39 is 0 Å². The van der Waals surface area contributed by atoms with Crippen molar-refractivity contribution in [1.82, 2.24) is 4.90 Å². The predicted molar refractivity (Wildman–Crippen MR) is 70.5 cm³/mol. The molecule has 17 heavy (non-hydrogen) atoms. The lowest BCUT2D eigenvalue weighted by molar-refractivity contribution is 0.329. The van der Waals surface area contributed by atoms with Crippen LogP contribution in [0.4, 0.5) is 0 Å². The standard InChI is InChI=1S/C15H20N2/c16-14(17-11-5-2-6-12-17)15(9-10-15)13-7-3-1-4-8-13/h1,3-4,7-8,16H,2,5-6,9-12H2. The molecule has 1 aliphatic carbocycles. The van der Waals surface area contributed by atoms with Gasteiger partial charge in [0.2, 0.25) is 0 Å². The molecular weight excluding hydrogens is 208 g/mol. The number of piperidine rings is 1. The van der Waals surface area contributed by atoms with Gasteiger partial charge in [-0.3, -0.25) is 5.41 Å². The van der Waals surface area contributed by atoms with Crippen LogP contribution in [0, 0.1) is 5.41 Å². The summed E-state index contributed by atoms with van der Waals surface area (Å²) < 4.78 is 0. The third kappa shape index (κ3) is 1.86. The van der Waals surface area contributed by atoms with E-state index >= 15 is 0 Å². The highest BCUT2D eigenvalue weighted by atomic mass is 15.2. The summed E-state index contributed by atoms with van der Waals surface area (Å²) in [6, 6.07) is 10.6. The molecule has 0 unspecified atom stereocenters. The summed E-state index contributed by atoms with van der Waals surface area (Å²) in [4.78, 5) is 2.31. The summed E-state index contributed by atoms with van der Waals surface area (Å²) >= 11 is 0. The molecular formula is C15H20N2. The quantitative estimate of drug-likeness (QED) is 0.611. The molecule has 0 spiro atoms. The summed E-state index contributed by atoms with van der Waals surface area (Å²) in [6.45, 7) is 2.18. The second-order valence-electron chi connectivity index (χ2n) is 5.34. The summed E-state index contributed by atoms with van der Waals surface area (Å²) in [5, 5.41) is 8.51. The van der Waals surface area contributed by atoms with Crippen LogP contribution >= 0.6 is 0 Å². The van der Waals surface area contributed by atoms with Gasteiger partial charge in [-0.2, -0.15) is 0 Å². The lowest BCUT2D eigenvalue weighted by Gasteiger charge is -2.33. The zero-order chi connectivity index (χ0) is 11.7. The van der Waals surface area contributed by atoms with Gasteiger partial charge in [-0.1, -0.05) is 30.3 Å². The number of rotatable bonds is 2. The van der Waals surface area contributed by atoms with E-state index in [1.165, 1.54) is 24.8 Å². The normalized spacial score (nSPS) is 22.2. The Morgan fingerprint density at radius 3 is 2.24 bits per heavy atom. The molecule has 2 heteroatoms. The second kappa shape index (κ2) is 4.17. The molecule has 0 aromatic heterocycles. The minimum atomic E-state index is 0.0681. The van der Waals surface area contributed by atoms with Crippen molar-refractivity contribution < 1.29 is 0 Å². The van der Waals surface area contributed by atoms with Gasteiger partial charge in [-0.05, 0) is 37.7 Å². The highest BCUT2D eigenvalue weighted by Gasteiger charge is 2.50. The number of amidine groups is 1. The molecule has 3 rings (SSSR count). The van der Waals surface area contributed by atoms with Crippen LogP contribution in [0.15, 0.2) is 30.3 Å². The maximum atomic E-state index is 8.51. The fraction of sp³-hybridized carbons (Fsp3) is 0.533. The van der Waals surface area contributed by atoms with Gasteiger partial charge in [0.25, 0.3) is 0 Å². The zero-order valence-corrected chi connectivity index (χ0v) is 10.3. The second-order valence-corrected chi connectivity index (χ2v) is 5.34. The van der Waals surface area contributed by atoms with Crippen molar-refractivity contribution in [3.63, 3.8) is 0 Å². The molecule has 1 heterocycles. The maximum Gasteiger partial charge on any atom is 0.107 e. The van der Waals surface area contributed by atoms with E-state index in [2.05, 4.69) is 35.2 Å². The fourth-order valence-corrected chi connectivity index (χ4v) is 2.96. The van der Waals surface area contributed by atoms with Crippen LogP contribution < -0.4 is 0 Å². The third-order valence-electron chi connectivity index (χ3n) is 4.20. The van der Waals surface area contributed by atoms with E-state index in [1.54, 1.807) is 0 Å². The molecule has 2 nitrogen and oxygen atoms in total. The molecule has 0 amide bonds. The Labute approximate surface area is 103 Å². The van der Waals surface area contributed by atoms with Crippen molar-refractivity contribution in [2.24, 2.45) is 0 Å². The number of hydrogen-bond acceptors (Lipinski definition) is 1. The molecule has 1 saturated heterocycles. The molecule has 1 saturated carbocycles. The minimum absolute atomic E-state index is 0.0681. The molecule has 1 aliphatic heterocycles. The predicted octanol–water partition coefficient (Wildman–Crippen LogP) is 3.18. The van der Waals surface area contributed by atoms with Crippen molar-refractivity contribution >= 4 is 5.84 Å². The molecule has 0 bridgehead atoms. The molecule has 0 atom stereocenters. The van der Waals surface area contributed by atoms with Gasteiger partial charge in [0.1, 0.15) is 5.84 Å². The van der Waals surface area contributed by atoms with Crippen molar-refractivity contribution in [2.45, 2.75) is 37.5 Å². The Morgan fingerprint density at radius 2 is 1.65 bits per heavy atom. The van der Waals surface area contributed by atoms with Gasteiger partial charge in [0.05, 0.1) is 5.41 Å². The summed E-state index contributed by atoms with van der Waals surface area (Å²) in [5.41, 5.74) is 1.41. The van der Waals surface area contributed by atoms with E-state index in [0.29, 0.717) is 0 Å². The van der Waals surface area contributed by atoms with E-state index in [1.807, 2.05) is 0 Å². The monoisotopic (exact) mass is 228 g/mol. The van der Waals surface area contributed by atoms with Crippen LogP contribution in [0.3, 0.4) is 0 Å². The smallest absolute Gasteiger partial charge is 0.107 e. The highest BCUT2D eigenvalue weighted by molar-refractivity contribution is 5.93. The Kier molecular flexibility index (Phi) is 2.65. The minimum Gasteiger partial charge on any atom is -0.360 e. The van der Waals surface area contributed by atoms with Crippen LogP contribution in [0.5, 0.6) is 0 Å². The number of nitrogens with zero attached hydrogens (tertiary/aromatic N) is 1. The van der Waals surface area contributed by atoms with E-state index in [4.69, 9.17) is 5.41 Å². The van der Waals surface area contributed by atoms with Crippen molar-refractivity contribution in [3.8, 4) is 0 Å². The first kappa shape index (κ1) is 10.8. The Morgan fingerprint density at radius 1 is 1.00 bits per heavy atom. The van der Waals surface area contributed by atoms with Crippen molar-refractivity contribution in [3.05, 3.63) is 35.9 Å². The molecule has 1 N–H and O–H groups in total. The number of nitrogens with one attached hydrogen (secondary N) is 1. The molecule has 1 aromatic rings. The van der Waals surface area contributed by atoms with Crippen LogP contribution in [0.2, 0.25) is 0 Å². The van der Waals surface area contributed by atoms with Crippen molar-refractivity contribution in [1.29, 1.82) is 5.41 Å². The lowest BCUT2D eigenvalue weighted by Crippen LogP contribution is -2.41. The Bertz CT molecular complexity index is 400. The van der Waals surface area contributed by atoms with Crippen LogP contribution in [-0.4, -0.2) is 23.8 Å². The topological polar surface area (TPSA) is 27.1 Å². The van der Waals surface area contributed by atoms with Crippen molar-refractivity contribution in [2.75, 3.05) is 13.1 Å². The average molecular weight is 228 g/mol. The number of benzene rings is 1. The third-order valence-corrected chi connectivity index (χ3v) is 4.20. The SMILES string of the molecule is N=C(N1CCCCC1)C1(c2ccccc2)CC1. The first-order valence-electron chi connectivity index (χ1n) is 6.72. The largest absolute Gasteiger partial charge is 0.360 e. The summed E-state index contributed by atoms with van der Waals surface area (Å²) in [7, 11) is 0. The number of likely N-dealkylation sites (tertiary alicyclic amines) is 1. The zero-order valence-electron chi connectivity index (χ0n) is 10.3. The Hall–Kier alpha value is -1.31. The maximum absolute atomic E-state index is 8.51. The van der Waals surface area contributed by atoms with Crippen LogP contribution in [0.25, 0.3) is 0 Å². The lowest BCUT2D eigenvalue weighted by atomic mass is 9.93.